The fraction of sp³-hybridized carbons (Fsp3) is 0.629. The monoisotopic (exact) mass is 1410 g/mol. The van der Waals surface area contributed by atoms with Crippen LogP contribution < -0.4 is 49.9 Å². The predicted molar refractivity (Wildman–Crippen MR) is 343 cm³/mol. The van der Waals surface area contributed by atoms with Gasteiger partial charge in [-0.25, -0.2) is 9.19 Å². The van der Waals surface area contributed by atoms with Gasteiger partial charge in [0.25, 0.3) is 7.82 Å². The van der Waals surface area contributed by atoms with Gasteiger partial charge >= 0.3 is 0 Å². The first-order valence-corrected chi connectivity index (χ1v) is 33.6. The minimum atomic E-state index is -5.32. The number of nitrogens with two attached hydrogens (primary N) is 6. The molecule has 527 valence electrons. The van der Waals surface area contributed by atoms with Crippen LogP contribution >= 0.6 is 7.82 Å². The first-order valence-electron chi connectivity index (χ1n) is 31.1. The summed E-state index contributed by atoms with van der Waals surface area (Å²) in [6.07, 6.45) is -4.57. The number of carbonyl (C=O) groups is 7. The number of fused-ring (bicyclic) bond motifs is 7. The van der Waals surface area contributed by atoms with Gasteiger partial charge in [-0.05, 0) is 108 Å². The molecule has 6 unspecified atom stereocenters. The third-order valence-electron chi connectivity index (χ3n) is 20.6. The summed E-state index contributed by atoms with van der Waals surface area (Å²) in [5.74, 6) is -7.24. The molecule has 0 spiro atoms. The molecule has 6 aliphatic heterocycles. The van der Waals surface area contributed by atoms with Gasteiger partial charge in [-0.1, -0.05) is 34.6 Å². The average Bonchev–Trinajstić information content (AvgIpc) is 1.53. The molecule has 1 aromatic carbocycles. The topological polar surface area (TPSA) is 523 Å². The second kappa shape index (κ2) is 29.7. The molecule has 8 bridgehead atoms. The average molecular weight is 1410 g/mol. The van der Waals surface area contributed by atoms with E-state index >= 15 is 0 Å². The number of rotatable bonds is 26. The van der Waals surface area contributed by atoms with Crippen molar-refractivity contribution in [1.82, 2.24) is 20.2 Å². The number of imidazole rings is 1. The van der Waals surface area contributed by atoms with Crippen molar-refractivity contribution >= 4 is 88.7 Å². The number of aromatic nitrogens is 2. The summed E-state index contributed by atoms with van der Waals surface area (Å²) >= 11 is -2.86. The zero-order valence-electron chi connectivity index (χ0n) is 55.2. The third-order valence-corrected chi connectivity index (χ3v) is 21.7. The molecule has 1 radical (unpaired) electrons. The number of ether oxygens (including phenoxy) is 1. The van der Waals surface area contributed by atoms with Crippen LogP contribution in [0, 0.1) is 59.2 Å². The van der Waals surface area contributed by atoms with Crippen LogP contribution in [-0.2, 0) is 80.1 Å². The fourth-order valence-corrected chi connectivity index (χ4v) is 16.6. The van der Waals surface area contributed by atoms with Crippen LogP contribution in [0.25, 0.3) is 11.0 Å². The molecule has 33 heteroatoms. The molecule has 2 fully saturated rings. The number of aliphatic imine (C=N–C) groups is 3. The zero-order chi connectivity index (χ0) is 70.3. The van der Waals surface area contributed by atoms with Crippen LogP contribution in [0.5, 0.6) is 0 Å². The normalized spacial score (nSPS) is 33.1. The maximum Gasteiger partial charge on any atom is 0.268 e. The SMILES string of the molecule is C/C1=C2N=C(/C=C3\N/C(=C(/C)C4=NC(C)(C5N=C1[C@](C)(CCC(=O)NCC(C)OP(=O)([O-])O[C@H]1[C@@H](O)[C@@H](n6cnc7cc(C)c(C)cc76)O[C@@H]1CO)C5CC(N)=O)[C@@](C)(CC(N)=O)[C@@H]4CCC(N)=O)[C@@](C)(CC(N)=O)[C@@H]3CCC(N)=O)C(C)(C)[C@@H]/2CCC(N)=O.O=S([O-])O.[Co]. The van der Waals surface area contributed by atoms with E-state index < -0.39 is 155 Å². The molecule has 6 aliphatic rings. The van der Waals surface area contributed by atoms with Gasteiger partial charge in [-0.2, -0.15) is 0 Å². The predicted octanol–water partition coefficient (Wildman–Crippen LogP) is 1.87. The first-order chi connectivity index (χ1) is 43.6. The van der Waals surface area contributed by atoms with E-state index in [2.05, 4.69) is 15.6 Å². The Bertz CT molecular complexity index is 3660. The minimum absolute atomic E-state index is 0. The Balaban J connectivity index is 0.00000278. The van der Waals surface area contributed by atoms with Crippen molar-refractivity contribution in [2.75, 3.05) is 13.2 Å². The molecule has 30 nitrogen and oxygen atoms in total. The molecular weight excluding hydrogens is 1320 g/mol. The molecule has 17 N–H and O–H groups in total. The Kier molecular flexibility index (Phi) is 24.3. The van der Waals surface area contributed by atoms with E-state index in [0.717, 1.165) is 11.1 Å². The van der Waals surface area contributed by atoms with Gasteiger partial charge in [0.15, 0.2) is 6.23 Å². The third kappa shape index (κ3) is 15.9. The van der Waals surface area contributed by atoms with E-state index in [0.29, 0.717) is 56.4 Å². The quantitative estimate of drug-likeness (QED) is 0.0473. The number of allylic oxidation sites excluding steroid dienone is 6. The van der Waals surface area contributed by atoms with Crippen LogP contribution in [0.4, 0.5) is 0 Å². The molecule has 7 heterocycles. The van der Waals surface area contributed by atoms with E-state index in [4.69, 9.17) is 76.5 Å². The standard InChI is InChI=1S/C62H90N13O14P.Co.H2O3S/c1-29-20-39-40(21-30(29)2)75(28-70-39)57-52(84)53(41(27-76)87-57)89-90(85,86)88-31(3)26-69-49(83)18-19-59(8)37(22-46(66)80)56-62(11)61(10,25-48(68)82)36(14-17-45(65)79)51(74-62)33(5)55-60(9,24-47(67)81)34(12-15-43(63)77)38(71-55)23-42-58(6,7)35(13-16-44(64)78)50(72-42)32(4)54(59)73-56;;1-4(2)3/h20-21,23,28,31,34-37,41,52-53,56-57,71,76,84H,12-19,22,24-27H2,1-11H3,(H2,63,77)(H2,64,78)(H2,65,79)(H2,66,80)(H2,67,81)(H2,68,82)(H,69,83)(H,85,86);;(H2,1,2,3)/p-2/b38-23-,50-32-,55-33-;;/t31?,34-,35-,36-,37?,41-,52-,53-,56?,57+,59-,60+,61+,62?;;/m1../s1. The Morgan fingerprint density at radius 1 is 0.832 bits per heavy atom. The molecule has 95 heavy (non-hydrogen) atoms. The smallest absolute Gasteiger partial charge is 0.268 e. The van der Waals surface area contributed by atoms with Crippen molar-refractivity contribution in [2.45, 2.75) is 189 Å². The molecule has 16 atom stereocenters. The van der Waals surface area contributed by atoms with Gasteiger partial charge in [0.2, 0.25) is 41.4 Å². The maximum absolute atomic E-state index is 14.4. The van der Waals surface area contributed by atoms with Crippen LogP contribution in [0.15, 0.2) is 67.8 Å². The van der Waals surface area contributed by atoms with Crippen molar-refractivity contribution in [2.24, 2.45) is 94.7 Å². The van der Waals surface area contributed by atoms with E-state index in [-0.39, 0.29) is 94.0 Å². The van der Waals surface area contributed by atoms with E-state index in [1.807, 2.05) is 87.4 Å². The number of hydrogen-bond donors (Lipinski definition) is 11. The molecule has 7 amide bonds. The van der Waals surface area contributed by atoms with Crippen molar-refractivity contribution in [1.29, 1.82) is 0 Å². The van der Waals surface area contributed by atoms with Gasteiger partial charge in [-0.15, -0.1) is 0 Å². The number of phosphoric ester groups is 1. The number of primary amides is 6. The van der Waals surface area contributed by atoms with Gasteiger partial charge in [0, 0.05) is 148 Å². The van der Waals surface area contributed by atoms with Crippen molar-refractivity contribution < 1.29 is 97.1 Å². The zero-order valence-corrected chi connectivity index (χ0v) is 58.0. The van der Waals surface area contributed by atoms with Gasteiger partial charge in [0.05, 0.1) is 53.0 Å². The van der Waals surface area contributed by atoms with Gasteiger partial charge in [0.1, 0.15) is 18.3 Å². The number of nitrogens with one attached hydrogen (secondary N) is 2. The number of benzene rings is 1. The number of phosphoric acid groups is 1. The Morgan fingerprint density at radius 2 is 1.40 bits per heavy atom. The Morgan fingerprint density at radius 3 is 1.96 bits per heavy atom. The molecular formula is C62H90CoN13O17PS-2. The number of aliphatic hydroxyl groups is 2. The van der Waals surface area contributed by atoms with Crippen molar-refractivity contribution in [3.05, 3.63) is 63.9 Å². The number of amides is 7. The summed E-state index contributed by atoms with van der Waals surface area (Å²) in [6, 6.07) is 2.67. The van der Waals surface area contributed by atoms with Crippen molar-refractivity contribution in [3.63, 3.8) is 0 Å². The van der Waals surface area contributed by atoms with Crippen molar-refractivity contribution in [3.8, 4) is 0 Å². The van der Waals surface area contributed by atoms with E-state index in [9.17, 15) is 53.2 Å². The summed E-state index contributed by atoms with van der Waals surface area (Å²) in [5.41, 5.74) is 37.2. The minimum Gasteiger partial charge on any atom is -0.756 e. The number of carbonyl (C=O) groups excluding carboxylic acids is 7. The molecule has 8 rings (SSSR count). The number of nitrogens with zero attached hydrogens (tertiary/aromatic N) is 5. The van der Waals surface area contributed by atoms with Crippen LogP contribution in [-0.4, -0.2) is 141 Å². The van der Waals surface area contributed by atoms with Gasteiger partial charge < -0.3 is 87.6 Å². The summed E-state index contributed by atoms with van der Waals surface area (Å²) in [5, 5.41) is 28.1. The largest absolute Gasteiger partial charge is 0.756 e. The van der Waals surface area contributed by atoms with Crippen LogP contribution in [0.2, 0.25) is 0 Å². The second-order valence-electron chi connectivity index (χ2n) is 27.3. The number of aryl methyl sites for hydroxylation is 2. The number of aliphatic hydroxyl groups excluding tert-OH is 2. The van der Waals surface area contributed by atoms with E-state index in [1.54, 1.807) is 0 Å². The molecule has 0 aliphatic carbocycles. The Hall–Kier alpha value is -6.42. The molecule has 2 saturated heterocycles. The summed E-state index contributed by atoms with van der Waals surface area (Å²) in [7, 11) is -5.32. The summed E-state index contributed by atoms with van der Waals surface area (Å²) in [6.45, 7) is 19.1. The van der Waals surface area contributed by atoms with Crippen LogP contribution in [0.1, 0.15) is 150 Å². The first kappa shape index (κ1) is 77.6. The summed E-state index contributed by atoms with van der Waals surface area (Å²) in [4.78, 5) is 128. The Labute approximate surface area is 564 Å². The molecule has 0 saturated carbocycles. The van der Waals surface area contributed by atoms with Crippen LogP contribution in [0.3, 0.4) is 0 Å². The number of hydrogen-bond acceptors (Lipinski definition) is 21. The van der Waals surface area contributed by atoms with Gasteiger partial charge in [-0.3, -0.25) is 53.1 Å². The second-order valence-corrected chi connectivity index (χ2v) is 29.0. The molecule has 1 aromatic heterocycles. The summed E-state index contributed by atoms with van der Waals surface area (Å²) < 4.78 is 56.0. The maximum atomic E-state index is 14.4. The fourth-order valence-electron chi connectivity index (χ4n) is 15.4. The van der Waals surface area contributed by atoms with E-state index in [1.165, 1.54) is 17.8 Å². The molecule has 2 aromatic rings.